The van der Waals surface area contributed by atoms with Gasteiger partial charge in [0.1, 0.15) is 11.9 Å². The summed E-state index contributed by atoms with van der Waals surface area (Å²) in [6, 6.07) is 14.7. The molecule has 0 saturated carbocycles. The van der Waals surface area contributed by atoms with Crippen LogP contribution in [0.1, 0.15) is 17.5 Å². The number of carbonyl (C=O) groups excluding carboxylic acids is 2. The Kier molecular flexibility index (Phi) is 7.72. The lowest BCUT2D eigenvalue weighted by Gasteiger charge is -2.20. The molecule has 0 radical (unpaired) electrons. The minimum atomic E-state index is -0.865. The first-order chi connectivity index (χ1) is 14.9. The van der Waals surface area contributed by atoms with E-state index in [1.54, 1.807) is 12.1 Å². The van der Waals surface area contributed by atoms with Gasteiger partial charge in [0.15, 0.2) is 0 Å². The predicted molar refractivity (Wildman–Crippen MR) is 115 cm³/mol. The number of amides is 2. The number of quaternary nitrogens is 1. The molecule has 7 nitrogen and oxygen atoms in total. The molecule has 0 aromatic heterocycles. The minimum Gasteiger partial charge on any atom is -0.382 e. The van der Waals surface area contributed by atoms with Crippen LogP contribution in [0.2, 0.25) is 0 Å². The van der Waals surface area contributed by atoms with Crippen LogP contribution in [0.4, 0.5) is 4.39 Å². The number of oxime groups is 1. The van der Waals surface area contributed by atoms with E-state index in [0.29, 0.717) is 24.2 Å². The maximum atomic E-state index is 13.5. The highest BCUT2D eigenvalue weighted by molar-refractivity contribution is 6.04. The molecule has 0 unspecified atom stereocenters. The number of carbonyl (C=O) groups is 2. The Bertz CT molecular complexity index is 933. The molecule has 8 heteroatoms. The Hall–Kier alpha value is -3.26. The number of hydrogen-bond donors (Lipinski definition) is 3. The van der Waals surface area contributed by atoms with Crippen LogP contribution in [0, 0.1) is 5.82 Å². The summed E-state index contributed by atoms with van der Waals surface area (Å²) in [5.41, 5.74) is 2.00. The first-order valence-electron chi connectivity index (χ1n) is 10.3. The van der Waals surface area contributed by atoms with Crippen LogP contribution in [0.5, 0.6) is 0 Å². The van der Waals surface area contributed by atoms with Gasteiger partial charge in [-0.15, -0.1) is 0 Å². The van der Waals surface area contributed by atoms with Gasteiger partial charge in [0.05, 0.1) is 32.9 Å². The highest BCUT2D eigenvalue weighted by atomic mass is 19.1. The molecule has 2 aromatic rings. The number of hydrogen-bond acceptors (Lipinski definition) is 4. The van der Waals surface area contributed by atoms with Gasteiger partial charge in [0, 0.05) is 18.4 Å². The van der Waals surface area contributed by atoms with Gasteiger partial charge in [-0.05, 0) is 17.7 Å². The molecule has 2 aromatic carbocycles. The van der Waals surface area contributed by atoms with Crippen molar-refractivity contribution in [3.63, 3.8) is 0 Å². The van der Waals surface area contributed by atoms with Crippen LogP contribution in [0.25, 0.3) is 0 Å². The molecule has 164 valence electrons. The maximum absolute atomic E-state index is 13.5. The number of benzene rings is 2. The molecule has 0 saturated heterocycles. The van der Waals surface area contributed by atoms with Crippen LogP contribution in [-0.2, 0) is 20.8 Å². The van der Waals surface area contributed by atoms with Crippen molar-refractivity contribution in [3.8, 4) is 0 Å². The molecule has 1 aliphatic rings. The van der Waals surface area contributed by atoms with Crippen molar-refractivity contribution in [3.05, 3.63) is 71.5 Å². The molecule has 31 heavy (non-hydrogen) atoms. The van der Waals surface area contributed by atoms with E-state index >= 15 is 0 Å². The predicted octanol–water partition coefficient (Wildman–Crippen LogP) is 0.307. The van der Waals surface area contributed by atoms with E-state index in [1.165, 1.54) is 17.0 Å². The maximum Gasteiger partial charge on any atom is 0.265 e. The van der Waals surface area contributed by atoms with Crippen molar-refractivity contribution in [2.24, 2.45) is 5.16 Å². The Labute approximate surface area is 181 Å². The highest BCUT2D eigenvalue weighted by Crippen LogP contribution is 2.18. The first-order valence-corrected chi connectivity index (χ1v) is 10.3. The standard InChI is InChI=1S/C23H27FN4O3/c1-28(2)12-11-25-22(29)20(13-16-7-4-3-5-8-16)26-23(30)21-15-19(27-31-21)17-9-6-10-18(24)14-17/h3-10,14,20-21H,11-13,15H2,1-2H3,(H,25,29)(H,26,30)/p+1/t20-,21-/m1/s1. The third-order valence-electron chi connectivity index (χ3n) is 4.96. The zero-order valence-electron chi connectivity index (χ0n) is 17.7. The van der Waals surface area contributed by atoms with Gasteiger partial charge in [-0.3, -0.25) is 9.59 Å². The molecule has 0 aliphatic carbocycles. The van der Waals surface area contributed by atoms with Gasteiger partial charge in [-0.2, -0.15) is 0 Å². The van der Waals surface area contributed by atoms with E-state index in [2.05, 4.69) is 15.8 Å². The molecule has 0 spiro atoms. The summed E-state index contributed by atoms with van der Waals surface area (Å²) in [6.07, 6.45) is -0.299. The molecule has 2 atom stereocenters. The normalized spacial score (nSPS) is 16.4. The molecular weight excluding hydrogens is 399 g/mol. The van der Waals surface area contributed by atoms with Crippen LogP contribution >= 0.6 is 0 Å². The zero-order chi connectivity index (χ0) is 22.2. The van der Waals surface area contributed by atoms with Crippen LogP contribution in [-0.4, -0.2) is 56.9 Å². The van der Waals surface area contributed by atoms with Gasteiger partial charge in [0.2, 0.25) is 12.0 Å². The topological polar surface area (TPSA) is 84.2 Å². The molecule has 0 fully saturated rings. The summed E-state index contributed by atoms with van der Waals surface area (Å²) in [4.78, 5) is 32.1. The van der Waals surface area contributed by atoms with E-state index < -0.39 is 18.1 Å². The van der Waals surface area contributed by atoms with E-state index in [-0.39, 0.29) is 18.1 Å². The summed E-state index contributed by atoms with van der Waals surface area (Å²) in [5.74, 6) is -1.06. The molecule has 1 heterocycles. The fourth-order valence-corrected chi connectivity index (χ4v) is 3.24. The molecule has 2 amide bonds. The van der Waals surface area contributed by atoms with Gasteiger partial charge >= 0.3 is 0 Å². The van der Waals surface area contributed by atoms with Gasteiger partial charge in [-0.25, -0.2) is 4.39 Å². The number of halogens is 1. The lowest BCUT2D eigenvalue weighted by Crippen LogP contribution is -3.06. The van der Waals surface area contributed by atoms with Crippen LogP contribution in [0.3, 0.4) is 0 Å². The Morgan fingerprint density at radius 1 is 1.19 bits per heavy atom. The molecule has 1 aliphatic heterocycles. The summed E-state index contributed by atoms with van der Waals surface area (Å²) in [7, 11) is 4.01. The fourth-order valence-electron chi connectivity index (χ4n) is 3.24. The van der Waals surface area contributed by atoms with Crippen molar-refractivity contribution in [1.29, 1.82) is 0 Å². The second kappa shape index (κ2) is 10.7. The van der Waals surface area contributed by atoms with Crippen molar-refractivity contribution >= 4 is 17.5 Å². The number of likely N-dealkylation sites (N-methyl/N-ethyl adjacent to an activating group) is 1. The van der Waals surface area contributed by atoms with E-state index in [1.807, 2.05) is 44.4 Å². The van der Waals surface area contributed by atoms with E-state index in [9.17, 15) is 14.0 Å². The zero-order valence-corrected chi connectivity index (χ0v) is 17.7. The van der Waals surface area contributed by atoms with Gasteiger partial charge < -0.3 is 20.4 Å². The third-order valence-corrected chi connectivity index (χ3v) is 4.96. The van der Waals surface area contributed by atoms with Gasteiger partial charge in [0.25, 0.3) is 5.91 Å². The second-order valence-corrected chi connectivity index (χ2v) is 7.85. The summed E-state index contributed by atoms with van der Waals surface area (Å²) in [6.45, 7) is 1.28. The van der Waals surface area contributed by atoms with E-state index in [0.717, 1.165) is 12.1 Å². The summed E-state index contributed by atoms with van der Waals surface area (Å²) in [5, 5.41) is 9.62. The molecule has 3 rings (SSSR count). The fraction of sp³-hybridized carbons (Fsp3) is 0.348. The third kappa shape index (κ3) is 6.62. The summed E-state index contributed by atoms with van der Waals surface area (Å²) < 4.78 is 13.5. The molecule has 0 bridgehead atoms. The Balaban J connectivity index is 1.63. The lowest BCUT2D eigenvalue weighted by molar-refractivity contribution is -0.856. The van der Waals surface area contributed by atoms with Crippen LogP contribution in [0.15, 0.2) is 59.8 Å². The minimum absolute atomic E-state index is 0.207. The second-order valence-electron chi connectivity index (χ2n) is 7.85. The largest absolute Gasteiger partial charge is 0.382 e. The highest BCUT2D eigenvalue weighted by Gasteiger charge is 2.32. The first kappa shape index (κ1) is 22.4. The quantitative estimate of drug-likeness (QED) is 0.539. The lowest BCUT2D eigenvalue weighted by atomic mass is 10.0. The van der Waals surface area contributed by atoms with E-state index in [4.69, 9.17) is 4.84 Å². The molecular formula is C23H28FN4O3+. The number of rotatable bonds is 9. The van der Waals surface area contributed by atoms with Crippen LogP contribution < -0.4 is 15.5 Å². The number of nitrogens with one attached hydrogen (secondary N) is 3. The average Bonchev–Trinajstić information content (AvgIpc) is 3.24. The Morgan fingerprint density at radius 2 is 1.97 bits per heavy atom. The number of nitrogens with zero attached hydrogens (tertiary/aromatic N) is 1. The molecule has 3 N–H and O–H groups in total. The smallest absolute Gasteiger partial charge is 0.265 e. The SMILES string of the molecule is C[NH+](C)CCNC(=O)[C@@H](Cc1ccccc1)NC(=O)[C@H]1CC(c2cccc(F)c2)=NO1. The Morgan fingerprint density at radius 3 is 2.68 bits per heavy atom. The monoisotopic (exact) mass is 427 g/mol. The summed E-state index contributed by atoms with van der Waals surface area (Å²) >= 11 is 0. The van der Waals surface area contributed by atoms with Crippen molar-refractivity contribution in [2.45, 2.75) is 25.0 Å². The average molecular weight is 428 g/mol. The van der Waals surface area contributed by atoms with Crippen molar-refractivity contribution in [2.75, 3.05) is 27.2 Å². The van der Waals surface area contributed by atoms with Gasteiger partial charge in [-0.1, -0.05) is 47.6 Å². The van der Waals surface area contributed by atoms with Crippen molar-refractivity contribution in [1.82, 2.24) is 10.6 Å². The van der Waals surface area contributed by atoms with Crippen molar-refractivity contribution < 1.29 is 23.7 Å².